The van der Waals surface area contributed by atoms with Gasteiger partial charge in [-0.2, -0.15) is 0 Å². The molecule has 36 heavy (non-hydrogen) atoms. The molecule has 1 aromatic rings. The summed E-state index contributed by atoms with van der Waals surface area (Å²) in [6, 6.07) is 0. The molecule has 198 valence electrons. The van der Waals surface area contributed by atoms with E-state index in [4.69, 9.17) is 49.0 Å². The Hall–Kier alpha value is -2.00. The summed E-state index contributed by atoms with van der Waals surface area (Å²) in [5.74, 6) is -1.23. The standard InChI is InChI=1S/C25H31Cl3N2O6/c1-15(7-9-19(31)35-13-12-30-10-4-5-11-30)6-8-17-21(29-24(33)25(26,27)28)20-18(14-36-23(20)32)16(2)22(17)34-3/h6H,4-5,7-14H2,1-3H3,(H,29,33)/b15-6+. The summed E-state index contributed by atoms with van der Waals surface area (Å²) >= 11 is 17.3. The summed E-state index contributed by atoms with van der Waals surface area (Å²) in [5.41, 5.74) is 3.23. The van der Waals surface area contributed by atoms with Gasteiger partial charge in [0, 0.05) is 24.1 Å². The Kier molecular flexibility index (Phi) is 9.92. The summed E-state index contributed by atoms with van der Waals surface area (Å²) in [6.45, 7) is 7.07. The fourth-order valence-electron chi connectivity index (χ4n) is 4.42. The van der Waals surface area contributed by atoms with Crippen molar-refractivity contribution >= 4 is 58.3 Å². The van der Waals surface area contributed by atoms with Crippen LogP contribution in [0.4, 0.5) is 5.69 Å². The zero-order valence-electron chi connectivity index (χ0n) is 20.7. The van der Waals surface area contributed by atoms with Crippen LogP contribution in [-0.4, -0.2) is 59.9 Å². The number of carbonyl (C=O) groups is 3. The lowest BCUT2D eigenvalue weighted by Gasteiger charge is -2.21. The molecule has 0 unspecified atom stereocenters. The Morgan fingerprint density at radius 2 is 1.89 bits per heavy atom. The topological polar surface area (TPSA) is 94.2 Å². The molecule has 1 fully saturated rings. The lowest BCUT2D eigenvalue weighted by molar-refractivity contribution is -0.144. The van der Waals surface area contributed by atoms with Gasteiger partial charge in [-0.25, -0.2) is 4.79 Å². The molecule has 1 saturated heterocycles. The molecule has 0 atom stereocenters. The van der Waals surface area contributed by atoms with Gasteiger partial charge in [0.1, 0.15) is 19.0 Å². The summed E-state index contributed by atoms with van der Waals surface area (Å²) in [5, 5.41) is 2.58. The van der Waals surface area contributed by atoms with Gasteiger partial charge in [-0.05, 0) is 58.2 Å². The number of amides is 1. The average molecular weight is 562 g/mol. The molecule has 1 amide bonds. The first-order valence-electron chi connectivity index (χ1n) is 11.8. The molecule has 1 aromatic carbocycles. The highest BCUT2D eigenvalue weighted by molar-refractivity contribution is 6.76. The second-order valence-electron chi connectivity index (χ2n) is 8.92. The first-order chi connectivity index (χ1) is 17.0. The third-order valence-corrected chi connectivity index (χ3v) is 6.94. The van der Waals surface area contributed by atoms with Crippen molar-refractivity contribution in [2.75, 3.05) is 38.7 Å². The van der Waals surface area contributed by atoms with Crippen molar-refractivity contribution in [1.82, 2.24) is 4.90 Å². The Morgan fingerprint density at radius 1 is 1.19 bits per heavy atom. The SMILES string of the molecule is COc1c(C)c2c(c(NC(=O)C(Cl)(Cl)Cl)c1C/C=C(\C)CCC(=O)OCCN1CCCC1)C(=O)OC2. The monoisotopic (exact) mass is 560 g/mol. The van der Waals surface area contributed by atoms with E-state index >= 15 is 0 Å². The Labute approximate surface area is 226 Å². The zero-order valence-corrected chi connectivity index (χ0v) is 22.9. The largest absolute Gasteiger partial charge is 0.496 e. The number of esters is 2. The number of carbonyl (C=O) groups excluding carboxylic acids is 3. The van der Waals surface area contributed by atoms with Crippen LogP contribution in [-0.2, 0) is 32.1 Å². The lowest BCUT2D eigenvalue weighted by atomic mass is 9.93. The van der Waals surface area contributed by atoms with Crippen molar-refractivity contribution in [3.05, 3.63) is 33.9 Å². The van der Waals surface area contributed by atoms with Crippen LogP contribution < -0.4 is 10.1 Å². The van der Waals surface area contributed by atoms with E-state index in [1.54, 1.807) is 0 Å². The van der Waals surface area contributed by atoms with Gasteiger partial charge in [-0.1, -0.05) is 46.5 Å². The number of methoxy groups -OCH3 is 1. The molecule has 0 saturated carbocycles. The molecule has 0 aliphatic carbocycles. The van der Waals surface area contributed by atoms with Crippen LogP contribution >= 0.6 is 34.8 Å². The van der Waals surface area contributed by atoms with Crippen molar-refractivity contribution in [2.24, 2.45) is 0 Å². The van der Waals surface area contributed by atoms with Gasteiger partial charge in [-0.3, -0.25) is 14.5 Å². The lowest BCUT2D eigenvalue weighted by Crippen LogP contribution is -2.28. The van der Waals surface area contributed by atoms with Gasteiger partial charge in [0.25, 0.3) is 9.70 Å². The fraction of sp³-hybridized carbons (Fsp3) is 0.560. The van der Waals surface area contributed by atoms with Crippen molar-refractivity contribution in [2.45, 2.75) is 56.4 Å². The maximum absolute atomic E-state index is 12.5. The number of fused-ring (bicyclic) bond motifs is 1. The number of hydrogen-bond acceptors (Lipinski definition) is 7. The Balaban J connectivity index is 1.74. The number of halogens is 3. The maximum Gasteiger partial charge on any atom is 0.341 e. The van der Waals surface area contributed by atoms with Crippen LogP contribution in [0.15, 0.2) is 11.6 Å². The van der Waals surface area contributed by atoms with E-state index < -0.39 is 15.7 Å². The number of rotatable bonds is 10. The van der Waals surface area contributed by atoms with Gasteiger partial charge in [0.2, 0.25) is 0 Å². The van der Waals surface area contributed by atoms with E-state index in [1.165, 1.54) is 20.0 Å². The zero-order chi connectivity index (χ0) is 26.5. The molecule has 1 N–H and O–H groups in total. The van der Waals surface area contributed by atoms with Gasteiger partial charge in [0.05, 0.1) is 18.4 Å². The number of cyclic esters (lactones) is 1. The molecule has 2 aliphatic rings. The Bertz CT molecular complexity index is 1050. The van der Waals surface area contributed by atoms with Crippen LogP contribution in [0.1, 0.15) is 59.7 Å². The van der Waals surface area contributed by atoms with Gasteiger partial charge < -0.3 is 19.5 Å². The van der Waals surface area contributed by atoms with E-state index in [0.717, 1.165) is 30.8 Å². The number of hydrogen-bond donors (Lipinski definition) is 1. The number of allylic oxidation sites excluding steroid dienone is 2. The van der Waals surface area contributed by atoms with E-state index in [-0.39, 0.29) is 30.2 Å². The van der Waals surface area contributed by atoms with Crippen LogP contribution in [0.25, 0.3) is 0 Å². The van der Waals surface area contributed by atoms with E-state index in [1.807, 2.05) is 19.9 Å². The molecule has 2 aliphatic heterocycles. The second kappa shape index (κ2) is 12.5. The predicted octanol–water partition coefficient (Wildman–Crippen LogP) is 4.89. The fourth-order valence-corrected chi connectivity index (χ4v) is 4.56. The molecular weight excluding hydrogens is 531 g/mol. The van der Waals surface area contributed by atoms with E-state index in [0.29, 0.717) is 36.3 Å². The minimum Gasteiger partial charge on any atom is -0.496 e. The number of ether oxygens (including phenoxy) is 3. The first-order valence-corrected chi connectivity index (χ1v) is 13.0. The van der Waals surface area contributed by atoms with Crippen molar-refractivity contribution in [3.8, 4) is 5.75 Å². The number of nitrogens with one attached hydrogen (secondary N) is 1. The number of anilines is 1. The molecule has 0 spiro atoms. The van der Waals surface area contributed by atoms with Gasteiger partial charge in [-0.15, -0.1) is 0 Å². The van der Waals surface area contributed by atoms with Crippen LogP contribution in [0.5, 0.6) is 5.75 Å². The molecule has 0 aromatic heterocycles. The predicted molar refractivity (Wildman–Crippen MR) is 139 cm³/mol. The van der Waals surface area contributed by atoms with Crippen molar-refractivity contribution in [1.29, 1.82) is 0 Å². The minimum atomic E-state index is -2.23. The van der Waals surface area contributed by atoms with Gasteiger partial charge >= 0.3 is 11.9 Å². The minimum absolute atomic E-state index is 0.0576. The number of alkyl halides is 3. The number of benzene rings is 1. The van der Waals surface area contributed by atoms with Crippen molar-refractivity contribution in [3.63, 3.8) is 0 Å². The summed E-state index contributed by atoms with van der Waals surface area (Å²) < 4.78 is 14.0. The number of likely N-dealkylation sites (tertiary alicyclic amines) is 1. The summed E-state index contributed by atoms with van der Waals surface area (Å²) in [4.78, 5) is 39.5. The smallest absolute Gasteiger partial charge is 0.341 e. The van der Waals surface area contributed by atoms with E-state index in [9.17, 15) is 14.4 Å². The summed E-state index contributed by atoms with van der Waals surface area (Å²) in [6.07, 6.45) is 5.37. The highest BCUT2D eigenvalue weighted by Gasteiger charge is 2.36. The molecule has 3 rings (SSSR count). The molecule has 0 bridgehead atoms. The molecular formula is C25H31Cl3N2O6. The molecule has 2 heterocycles. The summed E-state index contributed by atoms with van der Waals surface area (Å²) in [7, 11) is 1.51. The number of nitrogens with zero attached hydrogens (tertiary/aromatic N) is 1. The molecule has 8 nitrogen and oxygen atoms in total. The molecule has 11 heteroatoms. The quantitative estimate of drug-likeness (QED) is 0.247. The van der Waals surface area contributed by atoms with Crippen molar-refractivity contribution < 1.29 is 28.6 Å². The average Bonchev–Trinajstić information content (AvgIpc) is 3.47. The first kappa shape index (κ1) is 28.6. The Morgan fingerprint density at radius 3 is 2.53 bits per heavy atom. The highest BCUT2D eigenvalue weighted by atomic mass is 35.6. The van der Waals surface area contributed by atoms with Gasteiger partial charge in [0.15, 0.2) is 0 Å². The second-order valence-corrected chi connectivity index (χ2v) is 11.2. The van der Waals surface area contributed by atoms with Crippen LogP contribution in [0, 0.1) is 6.92 Å². The van der Waals surface area contributed by atoms with Crippen LogP contribution in [0.2, 0.25) is 0 Å². The van der Waals surface area contributed by atoms with E-state index in [2.05, 4.69) is 10.2 Å². The normalized spacial score (nSPS) is 16.1. The third-order valence-electron chi connectivity index (χ3n) is 6.42. The maximum atomic E-state index is 12.5. The molecule has 0 radical (unpaired) electrons. The highest BCUT2D eigenvalue weighted by Crippen LogP contribution is 2.42. The van der Waals surface area contributed by atoms with Crippen LogP contribution in [0.3, 0.4) is 0 Å². The third kappa shape index (κ3) is 7.06.